The maximum Gasteiger partial charge on any atom is 0.170 e. The van der Waals surface area contributed by atoms with Gasteiger partial charge in [-0.15, -0.1) is 0 Å². The molecule has 0 unspecified atom stereocenters. The van der Waals surface area contributed by atoms with Gasteiger partial charge in [0.1, 0.15) is 11.5 Å². The van der Waals surface area contributed by atoms with E-state index in [4.69, 9.17) is 23.2 Å². The summed E-state index contributed by atoms with van der Waals surface area (Å²) < 4.78 is 0. The molecule has 0 amide bonds. The van der Waals surface area contributed by atoms with E-state index in [9.17, 15) is 15.0 Å². The summed E-state index contributed by atoms with van der Waals surface area (Å²) in [7, 11) is 0. The van der Waals surface area contributed by atoms with Crippen molar-refractivity contribution >= 4 is 29.0 Å². The van der Waals surface area contributed by atoms with Gasteiger partial charge in [-0.25, -0.2) is 0 Å². The molecule has 0 aromatic heterocycles. The number of hydrogen-bond donors (Lipinski definition) is 2. The summed E-state index contributed by atoms with van der Waals surface area (Å²) in [5, 5.41) is 19.6. The highest BCUT2D eigenvalue weighted by molar-refractivity contribution is 6.42. The van der Waals surface area contributed by atoms with Crippen molar-refractivity contribution < 1.29 is 15.0 Å². The van der Waals surface area contributed by atoms with E-state index in [0.717, 1.165) is 6.07 Å². The fraction of sp³-hybridized carbons (Fsp3) is 0.0714. The zero-order valence-corrected chi connectivity index (χ0v) is 11.2. The molecule has 0 fully saturated rings. The molecule has 0 saturated heterocycles. The normalized spacial score (nSPS) is 10.4. The second-order valence-corrected chi connectivity index (χ2v) is 4.86. The second kappa shape index (κ2) is 5.51. The highest BCUT2D eigenvalue weighted by Crippen LogP contribution is 2.26. The summed E-state index contributed by atoms with van der Waals surface area (Å²) in [5.41, 5.74) is 0.857. The predicted octanol–water partition coefficient (Wildman–Crippen LogP) is 3.83. The molecule has 0 saturated carbocycles. The van der Waals surface area contributed by atoms with Crippen molar-refractivity contribution in [2.75, 3.05) is 0 Å². The first-order valence-electron chi connectivity index (χ1n) is 5.46. The van der Waals surface area contributed by atoms with Crippen LogP contribution in [0.4, 0.5) is 0 Å². The standard InChI is InChI=1S/C14H10Cl2O3/c15-11-4-1-8(5-12(11)16)6-13(18)10-3-2-9(17)7-14(10)19/h1-5,7,17,19H,6H2. The van der Waals surface area contributed by atoms with Gasteiger partial charge < -0.3 is 10.2 Å². The van der Waals surface area contributed by atoms with Crippen LogP contribution in [0.2, 0.25) is 10.0 Å². The Morgan fingerprint density at radius 2 is 1.74 bits per heavy atom. The number of aromatic hydroxyl groups is 2. The van der Waals surface area contributed by atoms with Crippen LogP contribution in [0.3, 0.4) is 0 Å². The molecule has 0 radical (unpaired) electrons. The second-order valence-electron chi connectivity index (χ2n) is 4.05. The highest BCUT2D eigenvalue weighted by atomic mass is 35.5. The van der Waals surface area contributed by atoms with Gasteiger partial charge in [0, 0.05) is 12.5 Å². The highest BCUT2D eigenvalue weighted by Gasteiger charge is 2.13. The van der Waals surface area contributed by atoms with Crippen molar-refractivity contribution in [2.24, 2.45) is 0 Å². The Labute approximate surface area is 120 Å². The van der Waals surface area contributed by atoms with Crippen LogP contribution in [0.1, 0.15) is 15.9 Å². The van der Waals surface area contributed by atoms with Crippen LogP contribution in [0.25, 0.3) is 0 Å². The van der Waals surface area contributed by atoms with Gasteiger partial charge in [-0.2, -0.15) is 0 Å². The first kappa shape index (κ1) is 13.7. The molecule has 2 aromatic rings. The number of rotatable bonds is 3. The zero-order chi connectivity index (χ0) is 14.0. The molecule has 19 heavy (non-hydrogen) atoms. The van der Waals surface area contributed by atoms with Crippen LogP contribution in [0.5, 0.6) is 11.5 Å². The minimum Gasteiger partial charge on any atom is -0.508 e. The third kappa shape index (κ3) is 3.19. The molecular weight excluding hydrogens is 287 g/mol. The van der Waals surface area contributed by atoms with Crippen LogP contribution in [-0.2, 0) is 6.42 Å². The first-order chi connectivity index (χ1) is 8.97. The average molecular weight is 297 g/mol. The van der Waals surface area contributed by atoms with Crippen LogP contribution in [0.15, 0.2) is 36.4 Å². The third-order valence-electron chi connectivity index (χ3n) is 2.63. The maximum absolute atomic E-state index is 12.0. The Kier molecular flexibility index (Phi) is 3.98. The van der Waals surface area contributed by atoms with Gasteiger partial charge in [0.25, 0.3) is 0 Å². The van der Waals surface area contributed by atoms with Crippen molar-refractivity contribution in [3.63, 3.8) is 0 Å². The predicted molar refractivity (Wildman–Crippen MR) is 74.3 cm³/mol. The van der Waals surface area contributed by atoms with Crippen molar-refractivity contribution in [3.05, 3.63) is 57.6 Å². The maximum atomic E-state index is 12.0. The van der Waals surface area contributed by atoms with Gasteiger partial charge in [-0.1, -0.05) is 29.3 Å². The molecule has 0 aliphatic carbocycles. The summed E-state index contributed by atoms with van der Waals surface area (Å²) >= 11 is 11.7. The topological polar surface area (TPSA) is 57.5 Å². The lowest BCUT2D eigenvalue weighted by atomic mass is 10.0. The smallest absolute Gasteiger partial charge is 0.170 e. The van der Waals surface area contributed by atoms with Crippen LogP contribution >= 0.6 is 23.2 Å². The number of carbonyl (C=O) groups is 1. The number of halogens is 2. The van der Waals surface area contributed by atoms with Gasteiger partial charge in [-0.05, 0) is 29.8 Å². The Balaban J connectivity index is 2.23. The molecule has 2 aromatic carbocycles. The van der Waals surface area contributed by atoms with E-state index in [0.29, 0.717) is 15.6 Å². The summed E-state index contributed by atoms with van der Waals surface area (Å²) in [4.78, 5) is 12.0. The fourth-order valence-corrected chi connectivity index (χ4v) is 2.01. The lowest BCUT2D eigenvalue weighted by molar-refractivity contribution is 0.0990. The lowest BCUT2D eigenvalue weighted by Gasteiger charge is -2.05. The zero-order valence-electron chi connectivity index (χ0n) is 9.73. The Morgan fingerprint density at radius 1 is 1.00 bits per heavy atom. The molecule has 0 heterocycles. The minimum atomic E-state index is -0.268. The summed E-state index contributed by atoms with van der Waals surface area (Å²) in [6, 6.07) is 8.78. The van der Waals surface area contributed by atoms with Crippen LogP contribution in [-0.4, -0.2) is 16.0 Å². The van der Waals surface area contributed by atoms with E-state index < -0.39 is 0 Å². The Bertz CT molecular complexity index is 639. The van der Waals surface area contributed by atoms with E-state index in [1.54, 1.807) is 18.2 Å². The number of phenols is 2. The largest absolute Gasteiger partial charge is 0.508 e. The van der Waals surface area contributed by atoms with Crippen molar-refractivity contribution in [1.82, 2.24) is 0 Å². The van der Waals surface area contributed by atoms with E-state index in [-0.39, 0.29) is 29.3 Å². The Morgan fingerprint density at radius 3 is 2.37 bits per heavy atom. The third-order valence-corrected chi connectivity index (χ3v) is 3.37. The Hall–Kier alpha value is -1.71. The van der Waals surface area contributed by atoms with Crippen LogP contribution < -0.4 is 0 Å². The van der Waals surface area contributed by atoms with Crippen molar-refractivity contribution in [2.45, 2.75) is 6.42 Å². The van der Waals surface area contributed by atoms with Crippen molar-refractivity contribution in [1.29, 1.82) is 0 Å². The SMILES string of the molecule is O=C(Cc1ccc(Cl)c(Cl)c1)c1ccc(O)cc1O. The average Bonchev–Trinajstić information content (AvgIpc) is 2.33. The van der Waals surface area contributed by atoms with Gasteiger partial charge in [0.2, 0.25) is 0 Å². The molecule has 0 aliphatic rings. The van der Waals surface area contributed by atoms with Crippen LogP contribution in [0, 0.1) is 0 Å². The molecule has 2 N–H and O–H groups in total. The molecule has 98 valence electrons. The lowest BCUT2D eigenvalue weighted by Crippen LogP contribution is -2.03. The summed E-state index contributed by atoms with van der Waals surface area (Å²) in [6.45, 7) is 0. The molecule has 0 bridgehead atoms. The van der Waals surface area contributed by atoms with Gasteiger partial charge in [-0.3, -0.25) is 4.79 Å². The fourth-order valence-electron chi connectivity index (χ4n) is 1.69. The molecule has 3 nitrogen and oxygen atoms in total. The molecule has 2 rings (SSSR count). The summed E-state index contributed by atoms with van der Waals surface area (Å²) in [5.74, 6) is -0.607. The summed E-state index contributed by atoms with van der Waals surface area (Å²) in [6.07, 6.45) is 0.0925. The first-order valence-corrected chi connectivity index (χ1v) is 6.22. The number of carbonyl (C=O) groups excluding carboxylic acids is 1. The molecular formula is C14H10Cl2O3. The molecule has 0 spiro atoms. The number of ketones is 1. The minimum absolute atomic E-state index is 0.0925. The molecule has 0 atom stereocenters. The monoisotopic (exact) mass is 296 g/mol. The van der Waals surface area contributed by atoms with Crippen molar-refractivity contribution in [3.8, 4) is 11.5 Å². The van der Waals surface area contributed by atoms with Gasteiger partial charge in [0.05, 0.1) is 15.6 Å². The quantitative estimate of drug-likeness (QED) is 0.846. The number of hydrogen-bond acceptors (Lipinski definition) is 3. The molecule has 0 aliphatic heterocycles. The van der Waals surface area contributed by atoms with E-state index in [1.807, 2.05) is 0 Å². The van der Waals surface area contributed by atoms with E-state index >= 15 is 0 Å². The van der Waals surface area contributed by atoms with E-state index in [1.165, 1.54) is 12.1 Å². The van der Waals surface area contributed by atoms with Gasteiger partial charge >= 0.3 is 0 Å². The number of phenolic OH excluding ortho intramolecular Hbond substituents is 2. The van der Waals surface area contributed by atoms with Gasteiger partial charge in [0.15, 0.2) is 5.78 Å². The number of Topliss-reactive ketones (excluding diaryl/α,β-unsaturated/α-hetero) is 1. The number of benzene rings is 2. The molecule has 5 heteroatoms. The van der Waals surface area contributed by atoms with E-state index in [2.05, 4.69) is 0 Å².